The molecule has 116 valence electrons. The molecule has 0 bridgehead atoms. The van der Waals surface area contributed by atoms with Crippen LogP contribution in [0.25, 0.3) is 0 Å². The zero-order chi connectivity index (χ0) is 15.8. The lowest BCUT2D eigenvalue weighted by Crippen LogP contribution is -2.14. The van der Waals surface area contributed by atoms with Gasteiger partial charge in [0.15, 0.2) is 0 Å². The predicted molar refractivity (Wildman–Crippen MR) is 84.1 cm³/mol. The standard InChI is InChI=1S/C18H20O4/c1-21-16-9-7-14(8-10-16)13-22-12-11-17(18(19)20)15-5-3-2-4-6-15/h2-10,17H,11-13H2,1H3,(H,19,20). The molecular weight excluding hydrogens is 280 g/mol. The van der Waals surface area contributed by atoms with Gasteiger partial charge in [-0.3, -0.25) is 4.79 Å². The van der Waals surface area contributed by atoms with E-state index in [0.29, 0.717) is 19.6 Å². The fourth-order valence-electron chi connectivity index (χ4n) is 2.23. The number of carboxylic acid groups (broad SMARTS) is 1. The first-order valence-electron chi connectivity index (χ1n) is 7.19. The lowest BCUT2D eigenvalue weighted by molar-refractivity contribution is -0.139. The van der Waals surface area contributed by atoms with Crippen LogP contribution in [0.3, 0.4) is 0 Å². The second-order valence-electron chi connectivity index (χ2n) is 4.99. The van der Waals surface area contributed by atoms with Gasteiger partial charge in [0.2, 0.25) is 0 Å². The molecule has 0 fully saturated rings. The van der Waals surface area contributed by atoms with Gasteiger partial charge < -0.3 is 14.6 Å². The number of hydrogen-bond acceptors (Lipinski definition) is 3. The Morgan fingerprint density at radius 3 is 2.36 bits per heavy atom. The van der Waals surface area contributed by atoms with E-state index in [9.17, 15) is 9.90 Å². The summed E-state index contributed by atoms with van der Waals surface area (Å²) in [6, 6.07) is 16.9. The largest absolute Gasteiger partial charge is 0.497 e. The first-order chi connectivity index (χ1) is 10.7. The van der Waals surface area contributed by atoms with E-state index >= 15 is 0 Å². The highest BCUT2D eigenvalue weighted by Gasteiger charge is 2.19. The molecule has 0 amide bonds. The van der Waals surface area contributed by atoms with Crippen molar-refractivity contribution in [1.82, 2.24) is 0 Å². The Kier molecular flexibility index (Phi) is 5.98. The molecular formula is C18H20O4. The van der Waals surface area contributed by atoms with Crippen LogP contribution in [-0.4, -0.2) is 24.8 Å². The number of hydrogen-bond donors (Lipinski definition) is 1. The second kappa shape index (κ2) is 8.20. The number of carboxylic acids is 1. The number of benzene rings is 2. The Bertz CT molecular complexity index is 578. The highest BCUT2D eigenvalue weighted by Crippen LogP contribution is 2.20. The minimum Gasteiger partial charge on any atom is -0.497 e. The van der Waals surface area contributed by atoms with Crippen LogP contribution < -0.4 is 4.74 Å². The number of carbonyl (C=O) groups is 1. The molecule has 2 aromatic carbocycles. The van der Waals surface area contributed by atoms with Gasteiger partial charge in [-0.25, -0.2) is 0 Å². The SMILES string of the molecule is COc1ccc(COCCC(C(=O)O)c2ccccc2)cc1. The molecule has 0 aromatic heterocycles. The summed E-state index contributed by atoms with van der Waals surface area (Å²) in [7, 11) is 1.63. The maximum atomic E-state index is 11.4. The molecule has 0 saturated carbocycles. The van der Waals surface area contributed by atoms with Crippen LogP contribution in [0.15, 0.2) is 54.6 Å². The average molecular weight is 300 g/mol. The summed E-state index contributed by atoms with van der Waals surface area (Å²) >= 11 is 0. The summed E-state index contributed by atoms with van der Waals surface area (Å²) in [6.45, 7) is 0.864. The fraction of sp³-hybridized carbons (Fsp3) is 0.278. The summed E-state index contributed by atoms with van der Waals surface area (Å²) < 4.78 is 10.7. The topological polar surface area (TPSA) is 55.8 Å². The fourth-order valence-corrected chi connectivity index (χ4v) is 2.23. The van der Waals surface area contributed by atoms with Gasteiger partial charge in [0.05, 0.1) is 19.6 Å². The quantitative estimate of drug-likeness (QED) is 0.758. The van der Waals surface area contributed by atoms with Crippen molar-refractivity contribution in [2.24, 2.45) is 0 Å². The molecule has 1 unspecified atom stereocenters. The molecule has 0 aliphatic rings. The lowest BCUT2D eigenvalue weighted by Gasteiger charge is -2.13. The van der Waals surface area contributed by atoms with Crippen molar-refractivity contribution >= 4 is 5.97 Å². The van der Waals surface area contributed by atoms with Gasteiger partial charge in [0.1, 0.15) is 5.75 Å². The highest BCUT2D eigenvalue weighted by molar-refractivity contribution is 5.76. The highest BCUT2D eigenvalue weighted by atomic mass is 16.5. The molecule has 0 saturated heterocycles. The number of rotatable bonds is 8. The third kappa shape index (κ3) is 4.60. The zero-order valence-electron chi connectivity index (χ0n) is 12.6. The van der Waals surface area contributed by atoms with Crippen LogP contribution in [0.2, 0.25) is 0 Å². The van der Waals surface area contributed by atoms with E-state index in [2.05, 4.69) is 0 Å². The van der Waals surface area contributed by atoms with Gasteiger partial charge in [0.25, 0.3) is 0 Å². The monoisotopic (exact) mass is 300 g/mol. The van der Waals surface area contributed by atoms with Crippen molar-refractivity contribution in [3.05, 3.63) is 65.7 Å². The smallest absolute Gasteiger partial charge is 0.311 e. The molecule has 0 heterocycles. The molecule has 4 nitrogen and oxygen atoms in total. The maximum absolute atomic E-state index is 11.4. The summed E-state index contributed by atoms with van der Waals surface area (Å²) in [5, 5.41) is 9.33. The summed E-state index contributed by atoms with van der Waals surface area (Å²) in [4.78, 5) is 11.4. The summed E-state index contributed by atoms with van der Waals surface area (Å²) in [5.41, 5.74) is 1.84. The molecule has 1 N–H and O–H groups in total. The lowest BCUT2D eigenvalue weighted by atomic mass is 9.96. The Hall–Kier alpha value is -2.33. The van der Waals surface area contributed by atoms with Crippen molar-refractivity contribution < 1.29 is 19.4 Å². The minimum absolute atomic E-state index is 0.401. The van der Waals surface area contributed by atoms with Crippen LogP contribution in [0.4, 0.5) is 0 Å². The Morgan fingerprint density at radius 1 is 1.09 bits per heavy atom. The van der Waals surface area contributed by atoms with Crippen LogP contribution >= 0.6 is 0 Å². The van der Waals surface area contributed by atoms with Gasteiger partial charge in [-0.2, -0.15) is 0 Å². The molecule has 0 radical (unpaired) electrons. The molecule has 4 heteroatoms. The number of aliphatic carboxylic acids is 1. The maximum Gasteiger partial charge on any atom is 0.311 e. The van der Waals surface area contributed by atoms with E-state index in [1.807, 2.05) is 54.6 Å². The Balaban J connectivity index is 1.82. The van der Waals surface area contributed by atoms with Crippen LogP contribution in [0.1, 0.15) is 23.5 Å². The van der Waals surface area contributed by atoms with Gasteiger partial charge in [-0.05, 0) is 29.7 Å². The van der Waals surface area contributed by atoms with E-state index in [-0.39, 0.29) is 0 Å². The van der Waals surface area contributed by atoms with Crippen LogP contribution in [-0.2, 0) is 16.1 Å². The molecule has 0 aliphatic heterocycles. The van der Waals surface area contributed by atoms with E-state index < -0.39 is 11.9 Å². The molecule has 1 atom stereocenters. The molecule has 22 heavy (non-hydrogen) atoms. The van der Waals surface area contributed by atoms with Gasteiger partial charge >= 0.3 is 5.97 Å². The number of methoxy groups -OCH3 is 1. The van der Waals surface area contributed by atoms with Crippen molar-refractivity contribution in [1.29, 1.82) is 0 Å². The Morgan fingerprint density at radius 2 is 1.77 bits per heavy atom. The molecule has 2 rings (SSSR count). The molecule has 2 aromatic rings. The summed E-state index contributed by atoms with van der Waals surface area (Å²) in [5.74, 6) is -0.546. The van der Waals surface area contributed by atoms with Gasteiger partial charge in [0, 0.05) is 6.61 Å². The van der Waals surface area contributed by atoms with Crippen molar-refractivity contribution in [3.63, 3.8) is 0 Å². The normalized spacial score (nSPS) is 11.9. The van der Waals surface area contributed by atoms with Crippen molar-refractivity contribution in [3.8, 4) is 5.75 Å². The van der Waals surface area contributed by atoms with Gasteiger partial charge in [-0.1, -0.05) is 42.5 Å². The van der Waals surface area contributed by atoms with Crippen LogP contribution in [0, 0.1) is 0 Å². The van der Waals surface area contributed by atoms with E-state index in [0.717, 1.165) is 16.9 Å². The first kappa shape index (κ1) is 16.0. The minimum atomic E-state index is -0.820. The number of ether oxygens (including phenoxy) is 2. The zero-order valence-corrected chi connectivity index (χ0v) is 12.6. The van der Waals surface area contributed by atoms with Crippen molar-refractivity contribution in [2.75, 3.05) is 13.7 Å². The van der Waals surface area contributed by atoms with E-state index in [1.54, 1.807) is 7.11 Å². The summed E-state index contributed by atoms with van der Waals surface area (Å²) in [6.07, 6.45) is 0.454. The van der Waals surface area contributed by atoms with E-state index in [4.69, 9.17) is 9.47 Å². The van der Waals surface area contributed by atoms with E-state index in [1.165, 1.54) is 0 Å². The third-order valence-corrected chi connectivity index (χ3v) is 3.48. The van der Waals surface area contributed by atoms with Crippen LogP contribution in [0.5, 0.6) is 5.75 Å². The average Bonchev–Trinajstić information content (AvgIpc) is 2.56. The molecule has 0 spiro atoms. The van der Waals surface area contributed by atoms with Crippen molar-refractivity contribution in [2.45, 2.75) is 18.9 Å². The first-order valence-corrected chi connectivity index (χ1v) is 7.19. The molecule has 0 aliphatic carbocycles. The second-order valence-corrected chi connectivity index (χ2v) is 4.99. The Labute approximate surface area is 130 Å². The third-order valence-electron chi connectivity index (χ3n) is 3.48. The predicted octanol–water partition coefficient (Wildman–Crippen LogP) is 3.47. The van der Waals surface area contributed by atoms with Gasteiger partial charge in [-0.15, -0.1) is 0 Å².